The van der Waals surface area contributed by atoms with Crippen LogP contribution < -0.4 is 19.9 Å². The Hall–Kier alpha value is -4.15. The number of esters is 1. The van der Waals surface area contributed by atoms with Gasteiger partial charge in [-0.05, 0) is 60.2 Å². The largest absolute Gasteiger partial charge is 0.497 e. The number of para-hydroxylation sites is 1. The molecule has 0 aliphatic rings. The van der Waals surface area contributed by atoms with Gasteiger partial charge < -0.3 is 19.5 Å². The molecule has 0 spiro atoms. The molecule has 0 atom stereocenters. The number of hydrogen-bond donors (Lipinski definition) is 2. The highest BCUT2D eigenvalue weighted by atomic mass is 32.2. The van der Waals surface area contributed by atoms with Crippen LogP contribution in [0.5, 0.6) is 11.5 Å². The van der Waals surface area contributed by atoms with Crippen molar-refractivity contribution in [2.24, 2.45) is 5.14 Å². The number of carbonyl (C=O) groups excluding carboxylic acids is 2. The summed E-state index contributed by atoms with van der Waals surface area (Å²) < 4.78 is 38.3. The molecule has 10 heteroatoms. The number of benzene rings is 3. The summed E-state index contributed by atoms with van der Waals surface area (Å²) in [5, 5.41) is 7.73. The molecule has 0 bridgehead atoms. The van der Waals surface area contributed by atoms with E-state index < -0.39 is 21.9 Å². The van der Waals surface area contributed by atoms with Crippen LogP contribution >= 0.6 is 0 Å². The van der Waals surface area contributed by atoms with Crippen LogP contribution in [-0.4, -0.2) is 40.6 Å². The van der Waals surface area contributed by atoms with Crippen molar-refractivity contribution in [1.29, 1.82) is 0 Å². The Bertz CT molecular complexity index is 1300. The summed E-state index contributed by atoms with van der Waals surface area (Å²) in [7, 11) is -2.21. The van der Waals surface area contributed by atoms with Gasteiger partial charge in [0.1, 0.15) is 24.7 Å². The lowest BCUT2D eigenvalue weighted by Gasteiger charge is -2.11. The van der Waals surface area contributed by atoms with Crippen LogP contribution in [0.3, 0.4) is 0 Å². The van der Waals surface area contributed by atoms with E-state index in [1.54, 1.807) is 43.5 Å². The first-order valence-corrected chi connectivity index (χ1v) is 12.0. The zero-order valence-corrected chi connectivity index (χ0v) is 19.7. The number of hydrogen-bond acceptors (Lipinski definition) is 7. The number of primary sulfonamides is 1. The first-order valence-electron chi connectivity index (χ1n) is 10.4. The zero-order chi connectivity index (χ0) is 25.3. The average Bonchev–Trinajstić information content (AvgIpc) is 2.85. The molecule has 0 aliphatic heterocycles. The zero-order valence-electron chi connectivity index (χ0n) is 18.8. The summed E-state index contributed by atoms with van der Waals surface area (Å²) in [6.45, 7) is -0.0188. The minimum absolute atomic E-state index is 0.0335. The quantitative estimate of drug-likeness (QED) is 0.250. The van der Waals surface area contributed by atoms with Gasteiger partial charge in [0.15, 0.2) is 0 Å². The Balaban J connectivity index is 1.52. The van der Waals surface area contributed by atoms with Gasteiger partial charge in [-0.1, -0.05) is 24.3 Å². The maximum atomic E-state index is 12.5. The normalized spacial score (nSPS) is 11.1. The van der Waals surface area contributed by atoms with E-state index in [0.717, 1.165) is 5.56 Å². The van der Waals surface area contributed by atoms with Crippen molar-refractivity contribution in [3.63, 3.8) is 0 Å². The third-order valence-corrected chi connectivity index (χ3v) is 5.61. The van der Waals surface area contributed by atoms with Gasteiger partial charge in [-0.3, -0.25) is 4.79 Å². The molecule has 3 aromatic carbocycles. The number of ether oxygens (including phenoxy) is 3. The summed E-state index contributed by atoms with van der Waals surface area (Å²) in [4.78, 5) is 24.8. The lowest BCUT2D eigenvalue weighted by molar-refractivity contribution is -0.111. The number of amides is 1. The summed E-state index contributed by atoms with van der Waals surface area (Å²) in [5.41, 5.74) is 1.31. The third kappa shape index (κ3) is 7.70. The monoisotopic (exact) mass is 496 g/mol. The second kappa shape index (κ2) is 11.8. The predicted octanol–water partition coefficient (Wildman–Crippen LogP) is 3.23. The fourth-order valence-corrected chi connectivity index (χ4v) is 3.44. The second-order valence-corrected chi connectivity index (χ2v) is 8.70. The fourth-order valence-electron chi connectivity index (χ4n) is 2.93. The Morgan fingerprint density at radius 3 is 2.23 bits per heavy atom. The van der Waals surface area contributed by atoms with Crippen molar-refractivity contribution in [1.82, 2.24) is 0 Å². The maximum Gasteiger partial charge on any atom is 0.340 e. The summed E-state index contributed by atoms with van der Waals surface area (Å²) in [5.74, 6) is 0.0645. The van der Waals surface area contributed by atoms with Crippen molar-refractivity contribution < 1.29 is 32.2 Å². The first kappa shape index (κ1) is 25.5. The smallest absolute Gasteiger partial charge is 0.340 e. The molecule has 3 N–H and O–H groups in total. The standard InChI is InChI=1S/C25H24N2O7S/c1-32-19-9-6-18(7-10-19)8-15-24(28)27-23-5-3-2-4-22(23)25(29)34-17-16-33-20-11-13-21(14-12-20)35(26,30)31/h2-15H,16-17H2,1H3,(H,27,28)(H2,26,30,31)/b15-8+. The molecule has 1 amide bonds. The molecule has 0 fully saturated rings. The van der Waals surface area contributed by atoms with Gasteiger partial charge in [0.05, 0.1) is 23.3 Å². The van der Waals surface area contributed by atoms with Crippen LogP contribution in [0.15, 0.2) is 83.8 Å². The number of carbonyl (C=O) groups is 2. The van der Waals surface area contributed by atoms with E-state index in [1.165, 1.54) is 36.4 Å². The van der Waals surface area contributed by atoms with E-state index in [1.807, 2.05) is 12.1 Å². The van der Waals surface area contributed by atoms with E-state index in [4.69, 9.17) is 19.3 Å². The number of methoxy groups -OCH3 is 1. The average molecular weight is 497 g/mol. The number of nitrogens with two attached hydrogens (primary N) is 1. The highest BCUT2D eigenvalue weighted by Crippen LogP contribution is 2.18. The number of sulfonamides is 1. The molecule has 182 valence electrons. The highest BCUT2D eigenvalue weighted by Gasteiger charge is 2.14. The molecule has 0 aliphatic carbocycles. The molecular formula is C25H24N2O7S. The maximum absolute atomic E-state index is 12.5. The first-order chi connectivity index (χ1) is 16.8. The topological polar surface area (TPSA) is 134 Å². The molecule has 0 saturated carbocycles. The Morgan fingerprint density at radius 2 is 1.57 bits per heavy atom. The molecular weight excluding hydrogens is 472 g/mol. The molecule has 35 heavy (non-hydrogen) atoms. The van der Waals surface area contributed by atoms with Gasteiger partial charge >= 0.3 is 5.97 Å². The van der Waals surface area contributed by atoms with E-state index in [2.05, 4.69) is 5.32 Å². The Kier molecular flexibility index (Phi) is 8.60. The molecule has 3 rings (SSSR count). The van der Waals surface area contributed by atoms with Crippen molar-refractivity contribution in [2.45, 2.75) is 4.90 Å². The van der Waals surface area contributed by atoms with Crippen LogP contribution in [-0.2, 0) is 19.6 Å². The van der Waals surface area contributed by atoms with Gasteiger partial charge in [-0.15, -0.1) is 0 Å². The number of nitrogens with one attached hydrogen (secondary N) is 1. The van der Waals surface area contributed by atoms with Crippen LogP contribution in [0.1, 0.15) is 15.9 Å². The van der Waals surface area contributed by atoms with Crippen LogP contribution in [0.25, 0.3) is 6.08 Å². The van der Waals surface area contributed by atoms with Gasteiger partial charge in [-0.2, -0.15) is 0 Å². The van der Waals surface area contributed by atoms with Crippen molar-refractivity contribution in [3.8, 4) is 11.5 Å². The van der Waals surface area contributed by atoms with Gasteiger partial charge in [0.25, 0.3) is 0 Å². The van der Waals surface area contributed by atoms with E-state index in [0.29, 0.717) is 17.2 Å². The third-order valence-electron chi connectivity index (χ3n) is 4.69. The van der Waals surface area contributed by atoms with E-state index >= 15 is 0 Å². The van der Waals surface area contributed by atoms with E-state index in [-0.39, 0.29) is 23.7 Å². The van der Waals surface area contributed by atoms with Crippen molar-refractivity contribution in [3.05, 3.63) is 90.0 Å². The van der Waals surface area contributed by atoms with E-state index in [9.17, 15) is 18.0 Å². The minimum Gasteiger partial charge on any atom is -0.497 e. The van der Waals surface area contributed by atoms with Crippen LogP contribution in [0.2, 0.25) is 0 Å². The summed E-state index contributed by atoms with van der Waals surface area (Å²) in [6.07, 6.45) is 3.00. The highest BCUT2D eigenvalue weighted by molar-refractivity contribution is 7.89. The molecule has 0 radical (unpaired) electrons. The molecule has 0 aromatic heterocycles. The van der Waals surface area contributed by atoms with Gasteiger partial charge in [0.2, 0.25) is 15.9 Å². The predicted molar refractivity (Wildman–Crippen MR) is 131 cm³/mol. The SMILES string of the molecule is COc1ccc(/C=C/C(=O)Nc2ccccc2C(=O)OCCOc2ccc(S(N)(=O)=O)cc2)cc1. The van der Waals surface area contributed by atoms with Crippen LogP contribution in [0.4, 0.5) is 5.69 Å². The molecule has 3 aromatic rings. The molecule has 0 heterocycles. The van der Waals surface area contributed by atoms with Gasteiger partial charge in [0, 0.05) is 6.08 Å². The number of anilines is 1. The summed E-state index contributed by atoms with van der Waals surface area (Å²) >= 11 is 0. The molecule has 9 nitrogen and oxygen atoms in total. The molecule has 0 saturated heterocycles. The Labute approximate surface area is 203 Å². The number of rotatable bonds is 10. The summed E-state index contributed by atoms with van der Waals surface area (Å²) in [6, 6.07) is 19.2. The lowest BCUT2D eigenvalue weighted by Crippen LogP contribution is -2.16. The fraction of sp³-hybridized carbons (Fsp3) is 0.120. The van der Waals surface area contributed by atoms with Crippen LogP contribution in [0, 0.1) is 0 Å². The molecule has 0 unspecified atom stereocenters. The van der Waals surface area contributed by atoms with Crippen molar-refractivity contribution in [2.75, 3.05) is 25.6 Å². The van der Waals surface area contributed by atoms with Gasteiger partial charge in [-0.25, -0.2) is 18.4 Å². The van der Waals surface area contributed by atoms with Crippen molar-refractivity contribution >= 4 is 33.7 Å². The Morgan fingerprint density at radius 1 is 0.914 bits per heavy atom. The second-order valence-electron chi connectivity index (χ2n) is 7.14. The minimum atomic E-state index is -3.78. The lowest BCUT2D eigenvalue weighted by atomic mass is 10.1.